The van der Waals surface area contributed by atoms with Gasteiger partial charge in [0.1, 0.15) is 11.6 Å². The van der Waals surface area contributed by atoms with E-state index >= 15 is 0 Å². The molecule has 0 atom stereocenters. The molecule has 1 N–H and O–H groups in total. The molecule has 0 unspecified atom stereocenters. The van der Waals surface area contributed by atoms with Crippen molar-refractivity contribution in [1.29, 1.82) is 0 Å². The number of halogens is 6. The van der Waals surface area contributed by atoms with Crippen LogP contribution < -0.4 is 4.72 Å². The molecule has 0 aromatic heterocycles. The fourth-order valence-electron chi connectivity index (χ4n) is 1.76. The lowest BCUT2D eigenvalue weighted by atomic mass is 10.0. The van der Waals surface area contributed by atoms with Gasteiger partial charge in [-0.25, -0.2) is 8.78 Å². The minimum atomic E-state index is -5.71. The van der Waals surface area contributed by atoms with Crippen LogP contribution in [-0.2, 0) is 10.0 Å². The maximum absolute atomic E-state index is 13.3. The van der Waals surface area contributed by atoms with Crippen LogP contribution in [0.15, 0.2) is 36.4 Å². The maximum atomic E-state index is 13.3. The average Bonchev–Trinajstić information content (AvgIpc) is 2.35. The van der Waals surface area contributed by atoms with Gasteiger partial charge in [0.2, 0.25) is 0 Å². The van der Waals surface area contributed by atoms with Crippen LogP contribution in [-0.4, -0.2) is 13.9 Å². The third kappa shape index (κ3) is 3.91. The molecule has 0 bridgehead atoms. The van der Waals surface area contributed by atoms with Gasteiger partial charge in [0, 0.05) is 16.7 Å². The number of rotatable bonds is 3. The smallest absolute Gasteiger partial charge is 0.275 e. The van der Waals surface area contributed by atoms with E-state index in [4.69, 9.17) is 11.6 Å². The second-order valence-electron chi connectivity index (χ2n) is 4.40. The van der Waals surface area contributed by atoms with E-state index < -0.39 is 32.9 Å². The third-order valence-corrected chi connectivity index (χ3v) is 4.04. The third-order valence-electron chi connectivity index (χ3n) is 2.70. The first-order valence-corrected chi connectivity index (χ1v) is 7.71. The number of anilines is 1. The van der Waals surface area contributed by atoms with Crippen molar-refractivity contribution >= 4 is 27.3 Å². The van der Waals surface area contributed by atoms with Crippen LogP contribution in [0.1, 0.15) is 0 Å². The standard InChI is InChI=1S/C13H7ClF5NO2S/c14-8-1-2-11(7-3-9(15)6-10(16)4-7)12(5-8)20-23(21,22)13(17,18)19/h1-6,20H. The number of benzene rings is 2. The predicted octanol–water partition coefficient (Wildman–Crippen LogP) is 4.55. The highest BCUT2D eigenvalue weighted by molar-refractivity contribution is 7.93. The van der Waals surface area contributed by atoms with Crippen molar-refractivity contribution in [1.82, 2.24) is 0 Å². The molecule has 23 heavy (non-hydrogen) atoms. The first-order valence-electron chi connectivity index (χ1n) is 5.85. The second-order valence-corrected chi connectivity index (χ2v) is 6.51. The van der Waals surface area contributed by atoms with Crippen molar-refractivity contribution < 1.29 is 30.4 Å². The molecule has 2 aromatic carbocycles. The Kier molecular flexibility index (Phi) is 4.54. The first-order chi connectivity index (χ1) is 10.5. The molecule has 0 spiro atoms. The summed E-state index contributed by atoms with van der Waals surface area (Å²) in [5.41, 5.74) is -6.43. The van der Waals surface area contributed by atoms with E-state index in [1.807, 2.05) is 0 Å². The molecule has 124 valence electrons. The summed E-state index contributed by atoms with van der Waals surface area (Å²) in [5, 5.41) is -0.0644. The quantitative estimate of drug-likeness (QED) is 0.805. The highest BCUT2D eigenvalue weighted by Crippen LogP contribution is 2.34. The zero-order valence-electron chi connectivity index (χ0n) is 11.0. The van der Waals surface area contributed by atoms with E-state index in [0.29, 0.717) is 6.07 Å². The number of nitrogens with one attached hydrogen (secondary N) is 1. The summed E-state index contributed by atoms with van der Waals surface area (Å²) in [7, 11) is -5.71. The van der Waals surface area contributed by atoms with Gasteiger partial charge in [0.05, 0.1) is 5.69 Å². The summed E-state index contributed by atoms with van der Waals surface area (Å²) in [6.45, 7) is 0. The first kappa shape index (κ1) is 17.5. The van der Waals surface area contributed by atoms with E-state index in [0.717, 1.165) is 24.3 Å². The lowest BCUT2D eigenvalue weighted by molar-refractivity contribution is -0.0429. The fourth-order valence-corrected chi connectivity index (χ4v) is 2.51. The Morgan fingerprint density at radius 3 is 2.04 bits per heavy atom. The molecule has 3 nitrogen and oxygen atoms in total. The topological polar surface area (TPSA) is 46.2 Å². The van der Waals surface area contributed by atoms with Gasteiger partial charge >= 0.3 is 15.5 Å². The van der Waals surface area contributed by atoms with E-state index in [2.05, 4.69) is 0 Å². The van der Waals surface area contributed by atoms with Crippen LogP contribution >= 0.6 is 11.6 Å². The fraction of sp³-hybridized carbons (Fsp3) is 0.0769. The van der Waals surface area contributed by atoms with Crippen molar-refractivity contribution in [2.24, 2.45) is 0 Å². The molecule has 0 heterocycles. The normalized spacial score (nSPS) is 12.3. The van der Waals surface area contributed by atoms with Gasteiger partial charge in [0.25, 0.3) is 0 Å². The minimum Gasteiger partial charge on any atom is -0.275 e. The van der Waals surface area contributed by atoms with E-state index in [1.165, 1.54) is 10.8 Å². The molecule has 0 aliphatic carbocycles. The molecule has 10 heteroatoms. The average molecular weight is 372 g/mol. The maximum Gasteiger partial charge on any atom is 0.516 e. The van der Waals surface area contributed by atoms with Crippen molar-refractivity contribution in [2.45, 2.75) is 5.51 Å². The van der Waals surface area contributed by atoms with Crippen LogP contribution in [0.3, 0.4) is 0 Å². The zero-order chi connectivity index (χ0) is 17.4. The summed E-state index contributed by atoms with van der Waals surface area (Å²) < 4.78 is 87.7. The number of hydrogen-bond donors (Lipinski definition) is 1. The molecule has 0 saturated heterocycles. The SMILES string of the molecule is O=S(=O)(Nc1cc(Cl)ccc1-c1cc(F)cc(F)c1)C(F)(F)F. The molecule has 0 aliphatic heterocycles. The predicted molar refractivity (Wildman–Crippen MR) is 75.4 cm³/mol. The Balaban J connectivity index is 2.59. The van der Waals surface area contributed by atoms with Crippen molar-refractivity contribution in [3.63, 3.8) is 0 Å². The molecule has 0 radical (unpaired) electrons. The van der Waals surface area contributed by atoms with Gasteiger partial charge in [-0.1, -0.05) is 17.7 Å². The Labute approximate surface area is 132 Å². The minimum absolute atomic E-state index is 0.0644. The Bertz CT molecular complexity index is 832. The zero-order valence-corrected chi connectivity index (χ0v) is 12.5. The second kappa shape index (κ2) is 5.97. The summed E-state index contributed by atoms with van der Waals surface area (Å²) in [6, 6.07) is 5.55. The number of alkyl halides is 3. The number of hydrogen-bond acceptors (Lipinski definition) is 2. The molecule has 2 aromatic rings. The number of sulfonamides is 1. The summed E-state index contributed by atoms with van der Waals surface area (Å²) in [6.07, 6.45) is 0. The molecule has 0 aliphatic rings. The monoisotopic (exact) mass is 371 g/mol. The van der Waals surface area contributed by atoms with Gasteiger partial charge in [0.15, 0.2) is 0 Å². The van der Waals surface area contributed by atoms with Crippen molar-refractivity contribution in [3.05, 3.63) is 53.1 Å². The van der Waals surface area contributed by atoms with Crippen LogP contribution in [0.5, 0.6) is 0 Å². The van der Waals surface area contributed by atoms with E-state index in [-0.39, 0.29) is 16.1 Å². The highest BCUT2D eigenvalue weighted by Gasteiger charge is 2.46. The Morgan fingerprint density at radius 2 is 1.52 bits per heavy atom. The Morgan fingerprint density at radius 1 is 0.957 bits per heavy atom. The van der Waals surface area contributed by atoms with Crippen molar-refractivity contribution in [3.8, 4) is 11.1 Å². The van der Waals surface area contributed by atoms with Crippen LogP contribution in [0.4, 0.5) is 27.6 Å². The van der Waals surface area contributed by atoms with Gasteiger partial charge in [-0.05, 0) is 29.8 Å². The van der Waals surface area contributed by atoms with Gasteiger partial charge in [-0.2, -0.15) is 21.6 Å². The molecule has 0 saturated carbocycles. The molecule has 0 amide bonds. The van der Waals surface area contributed by atoms with Gasteiger partial charge in [-0.3, -0.25) is 4.72 Å². The van der Waals surface area contributed by atoms with Gasteiger partial charge < -0.3 is 0 Å². The molecule has 0 fully saturated rings. The summed E-state index contributed by atoms with van der Waals surface area (Å²) in [5.74, 6) is -1.95. The highest BCUT2D eigenvalue weighted by atomic mass is 35.5. The van der Waals surface area contributed by atoms with Crippen molar-refractivity contribution in [2.75, 3.05) is 4.72 Å². The van der Waals surface area contributed by atoms with Crippen LogP contribution in [0.2, 0.25) is 5.02 Å². The summed E-state index contributed by atoms with van der Waals surface area (Å²) >= 11 is 5.65. The van der Waals surface area contributed by atoms with E-state index in [1.54, 1.807) is 0 Å². The van der Waals surface area contributed by atoms with E-state index in [9.17, 15) is 30.4 Å². The van der Waals surface area contributed by atoms with Gasteiger partial charge in [-0.15, -0.1) is 0 Å². The van der Waals surface area contributed by atoms with Crippen LogP contribution in [0.25, 0.3) is 11.1 Å². The lowest BCUT2D eigenvalue weighted by Gasteiger charge is -2.15. The molecular formula is C13H7ClF5NO2S. The summed E-state index contributed by atoms with van der Waals surface area (Å²) in [4.78, 5) is 0. The molecular weight excluding hydrogens is 365 g/mol. The molecule has 2 rings (SSSR count). The van der Waals surface area contributed by atoms with Crippen LogP contribution in [0, 0.1) is 11.6 Å². The lowest BCUT2D eigenvalue weighted by Crippen LogP contribution is -2.30. The largest absolute Gasteiger partial charge is 0.516 e. The Hall–Kier alpha value is -1.87.